The summed E-state index contributed by atoms with van der Waals surface area (Å²) >= 11 is 0. The van der Waals surface area contributed by atoms with E-state index in [0.29, 0.717) is 10.8 Å². The second-order valence-corrected chi connectivity index (χ2v) is 8.05. The first kappa shape index (κ1) is 11.9. The number of carbonyl (C=O) groups excluding carboxylic acids is 1. The van der Waals surface area contributed by atoms with Crippen LogP contribution in [0.25, 0.3) is 0 Å². The van der Waals surface area contributed by atoms with Crippen molar-refractivity contribution in [2.24, 2.45) is 16.2 Å². The molecule has 3 aliphatic rings. The number of amides is 1. The third-order valence-electron chi connectivity index (χ3n) is 4.68. The van der Waals surface area contributed by atoms with Crippen LogP contribution in [-0.2, 0) is 4.79 Å². The highest BCUT2D eigenvalue weighted by atomic mass is 16.2. The third-order valence-corrected chi connectivity index (χ3v) is 4.68. The average molecular weight is 223 g/mol. The van der Waals surface area contributed by atoms with Crippen LogP contribution in [0.15, 0.2) is 0 Å². The summed E-state index contributed by atoms with van der Waals surface area (Å²) in [5.41, 5.74) is 0.807. The lowest BCUT2D eigenvalue weighted by atomic mass is 9.33. The molecule has 2 bridgehead atoms. The van der Waals surface area contributed by atoms with Gasteiger partial charge in [0.2, 0.25) is 5.91 Å². The first-order chi connectivity index (χ1) is 7.00. The Balaban J connectivity index is 1.93. The molecule has 1 N–H and O–H groups in total. The van der Waals surface area contributed by atoms with Crippen LogP contribution in [0, 0.1) is 16.2 Å². The molecule has 92 valence electrons. The number of nitrogens with one attached hydrogen (secondary N) is 1. The van der Waals surface area contributed by atoms with E-state index in [9.17, 15) is 4.79 Å². The molecule has 0 aromatic carbocycles. The highest BCUT2D eigenvalue weighted by molar-refractivity contribution is 5.82. The maximum absolute atomic E-state index is 11.9. The summed E-state index contributed by atoms with van der Waals surface area (Å²) in [7, 11) is 0. The fourth-order valence-corrected chi connectivity index (χ4v) is 3.14. The lowest BCUT2D eigenvalue weighted by molar-refractivity contribution is -0.218. The van der Waals surface area contributed by atoms with E-state index in [4.69, 9.17) is 0 Å². The second kappa shape index (κ2) is 2.83. The van der Waals surface area contributed by atoms with Crippen LogP contribution in [-0.4, -0.2) is 11.4 Å². The second-order valence-electron chi connectivity index (χ2n) is 8.05. The van der Waals surface area contributed by atoms with Crippen molar-refractivity contribution < 1.29 is 4.79 Å². The normalized spacial score (nSPS) is 37.4. The van der Waals surface area contributed by atoms with E-state index in [1.165, 1.54) is 19.3 Å². The van der Waals surface area contributed by atoms with Crippen molar-refractivity contribution in [2.75, 3.05) is 0 Å². The largest absolute Gasteiger partial charge is 0.350 e. The Hall–Kier alpha value is -0.530. The molecule has 0 heterocycles. The predicted molar refractivity (Wildman–Crippen MR) is 66.1 cm³/mol. The fourth-order valence-electron chi connectivity index (χ4n) is 3.14. The Morgan fingerprint density at radius 3 is 1.75 bits per heavy atom. The molecular formula is C14H25NO. The van der Waals surface area contributed by atoms with Crippen molar-refractivity contribution in [3.63, 3.8) is 0 Å². The quantitative estimate of drug-likeness (QED) is 0.727. The lowest BCUT2D eigenvalue weighted by Gasteiger charge is -2.75. The maximum Gasteiger partial charge on any atom is 0.225 e. The summed E-state index contributed by atoms with van der Waals surface area (Å²) in [5, 5.41) is 3.26. The van der Waals surface area contributed by atoms with E-state index in [-0.39, 0.29) is 16.9 Å². The van der Waals surface area contributed by atoms with Crippen molar-refractivity contribution in [3.05, 3.63) is 0 Å². The van der Waals surface area contributed by atoms with Gasteiger partial charge < -0.3 is 5.32 Å². The molecule has 1 amide bonds. The number of carbonyl (C=O) groups is 1. The molecule has 0 radical (unpaired) electrons. The van der Waals surface area contributed by atoms with Gasteiger partial charge in [0.25, 0.3) is 0 Å². The summed E-state index contributed by atoms with van der Waals surface area (Å²) < 4.78 is 0. The average Bonchev–Trinajstić information content (AvgIpc) is 1.87. The minimum absolute atomic E-state index is 0.164. The molecule has 0 atom stereocenters. The van der Waals surface area contributed by atoms with Crippen LogP contribution in [0.5, 0.6) is 0 Å². The van der Waals surface area contributed by atoms with Gasteiger partial charge in [-0.05, 0) is 30.1 Å². The third kappa shape index (κ3) is 1.49. The Kier molecular flexibility index (Phi) is 2.11. The number of hydrogen-bond donors (Lipinski definition) is 1. The van der Waals surface area contributed by atoms with E-state index in [0.717, 1.165) is 0 Å². The SMILES string of the molecule is CC(C)(C)C(=O)NC12CC(C(C)(C)C)(C1)C2. The summed E-state index contributed by atoms with van der Waals surface area (Å²) in [6.45, 7) is 12.9. The van der Waals surface area contributed by atoms with Crippen molar-refractivity contribution in [1.29, 1.82) is 0 Å². The van der Waals surface area contributed by atoms with Gasteiger partial charge in [0, 0.05) is 11.0 Å². The molecule has 3 aliphatic carbocycles. The molecule has 0 spiro atoms. The zero-order valence-electron chi connectivity index (χ0n) is 11.5. The first-order valence-corrected chi connectivity index (χ1v) is 6.33. The maximum atomic E-state index is 11.9. The molecule has 2 heteroatoms. The minimum Gasteiger partial charge on any atom is -0.350 e. The molecule has 0 aromatic heterocycles. The van der Waals surface area contributed by atoms with E-state index < -0.39 is 0 Å². The van der Waals surface area contributed by atoms with Crippen LogP contribution in [0.3, 0.4) is 0 Å². The van der Waals surface area contributed by atoms with Gasteiger partial charge in [-0.3, -0.25) is 4.79 Å². The monoisotopic (exact) mass is 223 g/mol. The van der Waals surface area contributed by atoms with Crippen LogP contribution in [0.4, 0.5) is 0 Å². The first-order valence-electron chi connectivity index (χ1n) is 6.33. The van der Waals surface area contributed by atoms with Crippen molar-refractivity contribution in [3.8, 4) is 0 Å². The highest BCUT2D eigenvalue weighted by Gasteiger charge is 2.72. The zero-order chi connectivity index (χ0) is 12.4. The number of hydrogen-bond acceptors (Lipinski definition) is 1. The molecule has 0 saturated heterocycles. The molecule has 3 rings (SSSR count). The van der Waals surface area contributed by atoms with Gasteiger partial charge >= 0.3 is 0 Å². The molecule has 0 aromatic rings. The van der Waals surface area contributed by atoms with Gasteiger partial charge in [-0.15, -0.1) is 0 Å². The van der Waals surface area contributed by atoms with Crippen LogP contribution in [0.1, 0.15) is 60.8 Å². The van der Waals surface area contributed by atoms with Gasteiger partial charge in [0.1, 0.15) is 0 Å². The van der Waals surface area contributed by atoms with Gasteiger partial charge in [0.05, 0.1) is 0 Å². The number of rotatable bonds is 1. The minimum atomic E-state index is -0.260. The Morgan fingerprint density at radius 2 is 1.44 bits per heavy atom. The Morgan fingerprint density at radius 1 is 1.00 bits per heavy atom. The van der Waals surface area contributed by atoms with Gasteiger partial charge in [-0.2, -0.15) is 0 Å². The van der Waals surface area contributed by atoms with Crippen LogP contribution < -0.4 is 5.32 Å². The van der Waals surface area contributed by atoms with Gasteiger partial charge in [0.15, 0.2) is 0 Å². The Bertz CT molecular complexity index is 310. The smallest absolute Gasteiger partial charge is 0.225 e. The van der Waals surface area contributed by atoms with E-state index in [2.05, 4.69) is 26.1 Å². The highest BCUT2D eigenvalue weighted by Crippen LogP contribution is 2.74. The van der Waals surface area contributed by atoms with Crippen molar-refractivity contribution >= 4 is 5.91 Å². The van der Waals surface area contributed by atoms with Crippen LogP contribution >= 0.6 is 0 Å². The molecule has 16 heavy (non-hydrogen) atoms. The molecule has 0 unspecified atom stereocenters. The summed E-state index contributed by atoms with van der Waals surface area (Å²) in [6, 6.07) is 0. The fraction of sp³-hybridized carbons (Fsp3) is 0.929. The van der Waals surface area contributed by atoms with Gasteiger partial charge in [-0.1, -0.05) is 41.5 Å². The molecule has 3 saturated carbocycles. The molecule has 0 aliphatic heterocycles. The summed E-state index contributed by atoms with van der Waals surface area (Å²) in [4.78, 5) is 11.9. The predicted octanol–water partition coefficient (Wildman–Crippen LogP) is 3.12. The van der Waals surface area contributed by atoms with E-state index >= 15 is 0 Å². The summed E-state index contributed by atoms with van der Waals surface area (Å²) in [5.74, 6) is 0.203. The van der Waals surface area contributed by atoms with Crippen molar-refractivity contribution in [2.45, 2.75) is 66.3 Å². The zero-order valence-corrected chi connectivity index (χ0v) is 11.5. The van der Waals surface area contributed by atoms with E-state index in [1.54, 1.807) is 0 Å². The van der Waals surface area contributed by atoms with Crippen LogP contribution in [0.2, 0.25) is 0 Å². The summed E-state index contributed by atoms with van der Waals surface area (Å²) in [6.07, 6.45) is 3.56. The topological polar surface area (TPSA) is 29.1 Å². The van der Waals surface area contributed by atoms with Crippen molar-refractivity contribution in [1.82, 2.24) is 5.32 Å². The Labute approximate surface area is 99.2 Å². The molecular weight excluding hydrogens is 198 g/mol. The van der Waals surface area contributed by atoms with Gasteiger partial charge in [-0.25, -0.2) is 0 Å². The lowest BCUT2D eigenvalue weighted by Crippen LogP contribution is -2.78. The molecule has 3 fully saturated rings. The standard InChI is InChI=1S/C14H25NO/c1-11(2,3)10(16)15-14-7-13(8-14,9-14)12(4,5)6/h7-9H2,1-6H3,(H,15,16). The molecule has 2 nitrogen and oxygen atoms in total. The van der Waals surface area contributed by atoms with E-state index in [1.807, 2.05) is 20.8 Å².